The Morgan fingerprint density at radius 1 is 1.38 bits per heavy atom. The summed E-state index contributed by atoms with van der Waals surface area (Å²) in [5.74, 6) is 0.901. The molecule has 1 rings (SSSR count). The smallest absolute Gasteiger partial charge is 0.119 e. The van der Waals surface area contributed by atoms with Crippen LogP contribution in [0.15, 0.2) is 40.8 Å². The molecule has 0 bridgehead atoms. The first-order valence-electron chi connectivity index (χ1n) is 4.89. The van der Waals surface area contributed by atoms with Crippen LogP contribution in [0.25, 0.3) is 0 Å². The molecule has 0 aromatic heterocycles. The Balaban J connectivity index is 0.00000225. The van der Waals surface area contributed by atoms with Crippen LogP contribution in [0.2, 0.25) is 0 Å². The van der Waals surface area contributed by atoms with E-state index in [0.717, 1.165) is 11.3 Å². The maximum atomic E-state index is 5.59. The number of halogens is 1. The van der Waals surface area contributed by atoms with Gasteiger partial charge in [-0.15, -0.1) is 24.2 Å². The fourth-order valence-corrected chi connectivity index (χ4v) is 1.54. The fourth-order valence-electron chi connectivity index (χ4n) is 1.13. The molecule has 0 fully saturated rings. The highest BCUT2D eigenvalue weighted by Gasteiger charge is 1.95. The van der Waals surface area contributed by atoms with E-state index in [-0.39, 0.29) is 12.4 Å². The molecule has 0 heterocycles. The van der Waals surface area contributed by atoms with Crippen molar-refractivity contribution in [2.24, 2.45) is 5.73 Å². The van der Waals surface area contributed by atoms with Crippen molar-refractivity contribution in [2.75, 3.05) is 19.4 Å². The lowest BCUT2D eigenvalue weighted by molar-refractivity contribution is 0.351. The highest BCUT2D eigenvalue weighted by molar-refractivity contribution is 7.98. The van der Waals surface area contributed by atoms with Crippen molar-refractivity contribution >= 4 is 24.2 Å². The van der Waals surface area contributed by atoms with E-state index in [1.807, 2.05) is 25.1 Å². The molecule has 0 saturated heterocycles. The van der Waals surface area contributed by atoms with E-state index in [2.05, 4.69) is 18.4 Å². The summed E-state index contributed by atoms with van der Waals surface area (Å²) < 4.78 is 5.59. The molecule has 0 saturated carbocycles. The molecule has 0 spiro atoms. The summed E-state index contributed by atoms with van der Waals surface area (Å²) in [6.07, 6.45) is 4.03. The van der Waals surface area contributed by atoms with Crippen LogP contribution in [0.1, 0.15) is 6.92 Å². The quantitative estimate of drug-likeness (QED) is 0.652. The van der Waals surface area contributed by atoms with Crippen LogP contribution in [-0.4, -0.2) is 19.4 Å². The molecule has 0 aliphatic rings. The normalized spacial score (nSPS) is 10.8. The number of rotatable bonds is 5. The molecule has 0 aliphatic carbocycles. The van der Waals surface area contributed by atoms with Crippen LogP contribution in [-0.2, 0) is 0 Å². The van der Waals surface area contributed by atoms with Crippen LogP contribution in [0.4, 0.5) is 0 Å². The maximum absolute atomic E-state index is 5.59. The van der Waals surface area contributed by atoms with Crippen molar-refractivity contribution < 1.29 is 4.74 Å². The Morgan fingerprint density at radius 2 is 2.00 bits per heavy atom. The van der Waals surface area contributed by atoms with Gasteiger partial charge in [0.25, 0.3) is 0 Å². The van der Waals surface area contributed by atoms with Crippen molar-refractivity contribution in [3.05, 3.63) is 35.9 Å². The second-order valence-corrected chi connectivity index (χ2v) is 4.13. The monoisotopic (exact) mass is 259 g/mol. The molecule has 16 heavy (non-hydrogen) atoms. The van der Waals surface area contributed by atoms with Gasteiger partial charge in [-0.3, -0.25) is 0 Å². The summed E-state index contributed by atoms with van der Waals surface area (Å²) in [6.45, 7) is 3.19. The summed E-state index contributed by atoms with van der Waals surface area (Å²) in [7, 11) is 0. The summed E-state index contributed by atoms with van der Waals surface area (Å²) in [5.41, 5.74) is 6.56. The Kier molecular flexibility index (Phi) is 8.16. The van der Waals surface area contributed by atoms with E-state index in [9.17, 15) is 0 Å². The zero-order chi connectivity index (χ0) is 11.1. The second-order valence-electron chi connectivity index (χ2n) is 3.25. The predicted molar refractivity (Wildman–Crippen MR) is 73.8 cm³/mol. The molecule has 0 unspecified atom stereocenters. The molecule has 0 atom stereocenters. The first-order valence-corrected chi connectivity index (χ1v) is 6.11. The van der Waals surface area contributed by atoms with Crippen molar-refractivity contribution in [1.82, 2.24) is 0 Å². The number of thioether (sulfide) groups is 1. The van der Waals surface area contributed by atoms with Gasteiger partial charge in [0, 0.05) is 11.4 Å². The average molecular weight is 260 g/mol. The largest absolute Gasteiger partial charge is 0.489 e. The molecule has 0 amide bonds. The molecule has 2 nitrogen and oxygen atoms in total. The standard InChI is InChI=1S/C12H17NOS.ClH/c1-10(7-8-13)9-14-11-3-5-12(15-2)6-4-11;/h3-7H,8-9,13H2,1-2H3;1H/b10-7+;. The van der Waals surface area contributed by atoms with Crippen LogP contribution < -0.4 is 10.5 Å². The Bertz CT molecular complexity index is 324. The zero-order valence-corrected chi connectivity index (χ0v) is 11.2. The SMILES string of the molecule is CSc1ccc(OC/C(C)=C/CN)cc1.Cl. The van der Waals surface area contributed by atoms with E-state index in [1.165, 1.54) is 4.90 Å². The third-order valence-corrected chi connectivity index (χ3v) is 2.74. The summed E-state index contributed by atoms with van der Waals surface area (Å²) in [6, 6.07) is 8.09. The first-order chi connectivity index (χ1) is 7.26. The van der Waals surface area contributed by atoms with Gasteiger partial charge >= 0.3 is 0 Å². The van der Waals surface area contributed by atoms with Crippen LogP contribution in [0.5, 0.6) is 5.75 Å². The molecule has 0 radical (unpaired) electrons. The number of hydrogen-bond acceptors (Lipinski definition) is 3. The van der Waals surface area contributed by atoms with Gasteiger partial charge in [-0.05, 0) is 43.0 Å². The van der Waals surface area contributed by atoms with Gasteiger partial charge < -0.3 is 10.5 Å². The van der Waals surface area contributed by atoms with Gasteiger partial charge in [-0.1, -0.05) is 6.08 Å². The topological polar surface area (TPSA) is 35.2 Å². The minimum absolute atomic E-state index is 0. The summed E-state index contributed by atoms with van der Waals surface area (Å²) in [5, 5.41) is 0. The highest BCUT2D eigenvalue weighted by Crippen LogP contribution is 2.19. The second kappa shape index (κ2) is 8.50. The van der Waals surface area contributed by atoms with E-state index >= 15 is 0 Å². The van der Waals surface area contributed by atoms with Crippen molar-refractivity contribution in [3.8, 4) is 5.75 Å². The zero-order valence-electron chi connectivity index (χ0n) is 9.60. The van der Waals surface area contributed by atoms with Crippen LogP contribution in [0, 0.1) is 0 Å². The predicted octanol–water partition coefficient (Wildman–Crippen LogP) is 3.11. The Labute approximate surface area is 108 Å². The van der Waals surface area contributed by atoms with Gasteiger partial charge in [0.2, 0.25) is 0 Å². The molecule has 2 N–H and O–H groups in total. The fraction of sp³-hybridized carbons (Fsp3) is 0.333. The van der Waals surface area contributed by atoms with Gasteiger partial charge in [0.15, 0.2) is 0 Å². The molecular formula is C12H18ClNOS. The van der Waals surface area contributed by atoms with Crippen LogP contribution in [0.3, 0.4) is 0 Å². The van der Waals surface area contributed by atoms with E-state index in [0.29, 0.717) is 13.2 Å². The Morgan fingerprint density at radius 3 is 2.50 bits per heavy atom. The molecule has 1 aromatic rings. The number of benzene rings is 1. The lowest BCUT2D eigenvalue weighted by Crippen LogP contribution is -2.02. The molecule has 1 aromatic carbocycles. The number of hydrogen-bond donors (Lipinski definition) is 1. The third kappa shape index (κ3) is 5.45. The highest BCUT2D eigenvalue weighted by atomic mass is 35.5. The van der Waals surface area contributed by atoms with Crippen molar-refractivity contribution in [1.29, 1.82) is 0 Å². The van der Waals surface area contributed by atoms with E-state index in [1.54, 1.807) is 11.8 Å². The summed E-state index contributed by atoms with van der Waals surface area (Å²) >= 11 is 1.73. The van der Waals surface area contributed by atoms with E-state index in [4.69, 9.17) is 10.5 Å². The van der Waals surface area contributed by atoms with Gasteiger partial charge in [0.1, 0.15) is 12.4 Å². The van der Waals surface area contributed by atoms with Crippen LogP contribution >= 0.6 is 24.2 Å². The minimum atomic E-state index is 0. The van der Waals surface area contributed by atoms with Gasteiger partial charge in [-0.2, -0.15) is 0 Å². The number of nitrogens with two attached hydrogens (primary N) is 1. The first kappa shape index (κ1) is 15.4. The van der Waals surface area contributed by atoms with Gasteiger partial charge in [0.05, 0.1) is 0 Å². The lowest BCUT2D eigenvalue weighted by Gasteiger charge is -2.06. The van der Waals surface area contributed by atoms with E-state index < -0.39 is 0 Å². The lowest BCUT2D eigenvalue weighted by atomic mass is 10.3. The van der Waals surface area contributed by atoms with Crippen molar-refractivity contribution in [3.63, 3.8) is 0 Å². The minimum Gasteiger partial charge on any atom is -0.489 e. The molecular weight excluding hydrogens is 242 g/mol. The third-order valence-electron chi connectivity index (χ3n) is 1.99. The average Bonchev–Trinajstić information content (AvgIpc) is 2.27. The summed E-state index contributed by atoms with van der Waals surface area (Å²) in [4.78, 5) is 1.25. The van der Waals surface area contributed by atoms with Gasteiger partial charge in [-0.25, -0.2) is 0 Å². The maximum Gasteiger partial charge on any atom is 0.119 e. The molecule has 90 valence electrons. The number of ether oxygens (including phenoxy) is 1. The Hall–Kier alpha value is -0.640. The molecule has 4 heteroatoms. The molecule has 0 aliphatic heterocycles. The van der Waals surface area contributed by atoms with Crippen molar-refractivity contribution in [2.45, 2.75) is 11.8 Å².